The molecule has 24 heavy (non-hydrogen) atoms. The molecule has 1 aliphatic rings. The molecule has 3 rings (SSSR count). The third kappa shape index (κ3) is 3.72. The molecule has 0 bridgehead atoms. The number of halogens is 1. The van der Waals surface area contributed by atoms with Gasteiger partial charge in [0.05, 0.1) is 0 Å². The molecule has 1 N–H and O–H groups in total. The molecule has 2 aromatic carbocycles. The minimum atomic E-state index is 0.0921. The monoisotopic (exact) mass is 385 g/mol. The molecule has 0 spiro atoms. The number of hydrogen-bond donors (Lipinski definition) is 1. The van der Waals surface area contributed by atoms with Crippen molar-refractivity contribution in [2.24, 2.45) is 5.92 Å². The van der Waals surface area contributed by atoms with Crippen LogP contribution >= 0.6 is 15.9 Å². The molecule has 1 fully saturated rings. The molecule has 0 aromatic heterocycles. The van der Waals surface area contributed by atoms with Crippen LogP contribution in [0.25, 0.3) is 0 Å². The summed E-state index contributed by atoms with van der Waals surface area (Å²) in [6, 6.07) is 14.7. The number of nitrogens with one attached hydrogen (secondary N) is 1. The number of benzene rings is 2. The lowest BCUT2D eigenvalue weighted by molar-refractivity contribution is -0.117. The van der Waals surface area contributed by atoms with E-state index in [1.54, 1.807) is 0 Å². The van der Waals surface area contributed by atoms with Crippen LogP contribution in [0.2, 0.25) is 0 Å². The fourth-order valence-corrected chi connectivity index (χ4v) is 3.29. The molecule has 0 saturated heterocycles. The summed E-state index contributed by atoms with van der Waals surface area (Å²) in [5, 5.41) is 3.05. The van der Waals surface area contributed by atoms with Gasteiger partial charge in [0.15, 0.2) is 0 Å². The van der Waals surface area contributed by atoms with Crippen LogP contribution in [0.4, 0.5) is 5.69 Å². The van der Waals surface area contributed by atoms with Crippen LogP contribution in [0.1, 0.15) is 49.8 Å². The first kappa shape index (κ1) is 17.2. The van der Waals surface area contributed by atoms with Gasteiger partial charge in [0.25, 0.3) is 0 Å². The highest BCUT2D eigenvalue weighted by Gasteiger charge is 2.43. The van der Waals surface area contributed by atoms with E-state index >= 15 is 0 Å². The second-order valence-electron chi connectivity index (χ2n) is 7.77. The van der Waals surface area contributed by atoms with Crippen molar-refractivity contribution in [3.63, 3.8) is 0 Å². The maximum atomic E-state index is 12.5. The topological polar surface area (TPSA) is 29.1 Å². The minimum absolute atomic E-state index is 0.0921. The molecule has 2 aromatic rings. The Bertz CT molecular complexity index is 758. The predicted molar refractivity (Wildman–Crippen MR) is 103 cm³/mol. The first-order valence-corrected chi connectivity index (χ1v) is 9.22. The van der Waals surface area contributed by atoms with Crippen molar-refractivity contribution in [2.75, 3.05) is 5.32 Å². The summed E-state index contributed by atoms with van der Waals surface area (Å²) in [7, 11) is 0. The zero-order valence-corrected chi connectivity index (χ0v) is 16.3. The van der Waals surface area contributed by atoms with E-state index in [9.17, 15) is 4.79 Å². The van der Waals surface area contributed by atoms with Crippen molar-refractivity contribution >= 4 is 27.5 Å². The number of carbonyl (C=O) groups is 1. The Morgan fingerprint density at radius 3 is 2.38 bits per heavy atom. The fourth-order valence-electron chi connectivity index (χ4n) is 3.04. The third-order valence-corrected chi connectivity index (χ3v) is 5.65. The van der Waals surface area contributed by atoms with Gasteiger partial charge in [0.1, 0.15) is 0 Å². The number of hydrogen-bond acceptors (Lipinski definition) is 1. The van der Waals surface area contributed by atoms with Gasteiger partial charge in [-0.15, -0.1) is 0 Å². The van der Waals surface area contributed by atoms with Gasteiger partial charge in [-0.05, 0) is 59.6 Å². The average molecular weight is 386 g/mol. The number of rotatable bonds is 3. The number of carbonyl (C=O) groups excluding carboxylic acids is 1. The molecule has 2 unspecified atom stereocenters. The van der Waals surface area contributed by atoms with E-state index < -0.39 is 0 Å². The summed E-state index contributed by atoms with van der Waals surface area (Å²) in [6.07, 6.45) is 0.941. The lowest BCUT2D eigenvalue weighted by Crippen LogP contribution is -2.14. The number of anilines is 1. The van der Waals surface area contributed by atoms with E-state index in [4.69, 9.17) is 0 Å². The second-order valence-corrected chi connectivity index (χ2v) is 8.63. The quantitative estimate of drug-likeness (QED) is 0.710. The molecule has 2 nitrogen and oxygen atoms in total. The normalized spacial score (nSPS) is 19.9. The van der Waals surface area contributed by atoms with Gasteiger partial charge in [0, 0.05) is 16.1 Å². The zero-order chi connectivity index (χ0) is 17.5. The standard InChI is InChI=1S/C21H24BrNO/c1-13-11-16(9-10-19(13)22)23-20(24)18-12-17(18)14-5-7-15(8-6-14)21(2,3)4/h5-11,17-18H,12H2,1-4H3,(H,23,24). The fraction of sp³-hybridized carbons (Fsp3) is 0.381. The minimum Gasteiger partial charge on any atom is -0.326 e. The van der Waals surface area contributed by atoms with Gasteiger partial charge in [-0.3, -0.25) is 4.79 Å². The van der Waals surface area contributed by atoms with E-state index in [1.165, 1.54) is 11.1 Å². The van der Waals surface area contributed by atoms with Crippen LogP contribution < -0.4 is 5.32 Å². The van der Waals surface area contributed by atoms with Crippen molar-refractivity contribution in [3.8, 4) is 0 Å². The van der Waals surface area contributed by atoms with E-state index in [0.29, 0.717) is 5.92 Å². The Balaban J connectivity index is 1.64. The second kappa shape index (κ2) is 6.36. The van der Waals surface area contributed by atoms with E-state index in [0.717, 1.165) is 22.1 Å². The predicted octanol–water partition coefficient (Wildman–Crippen LogP) is 5.80. The summed E-state index contributed by atoms with van der Waals surface area (Å²) in [5.41, 5.74) is 4.76. The summed E-state index contributed by atoms with van der Waals surface area (Å²) in [6.45, 7) is 8.68. The summed E-state index contributed by atoms with van der Waals surface area (Å²) < 4.78 is 1.06. The molecule has 1 aliphatic carbocycles. The van der Waals surface area contributed by atoms with Gasteiger partial charge in [-0.2, -0.15) is 0 Å². The van der Waals surface area contributed by atoms with Crippen LogP contribution in [-0.2, 0) is 10.2 Å². The van der Waals surface area contributed by atoms with Crippen molar-refractivity contribution in [3.05, 3.63) is 63.6 Å². The van der Waals surface area contributed by atoms with Gasteiger partial charge < -0.3 is 5.32 Å². The Morgan fingerprint density at radius 1 is 1.12 bits per heavy atom. The molecule has 1 saturated carbocycles. The van der Waals surface area contributed by atoms with Crippen LogP contribution in [0.5, 0.6) is 0 Å². The molecule has 2 atom stereocenters. The number of aryl methyl sites for hydroxylation is 1. The third-order valence-electron chi connectivity index (χ3n) is 4.76. The molecular weight excluding hydrogens is 362 g/mol. The highest BCUT2D eigenvalue weighted by molar-refractivity contribution is 9.10. The molecule has 126 valence electrons. The van der Waals surface area contributed by atoms with Crippen LogP contribution in [-0.4, -0.2) is 5.91 Å². The Labute approximate surface area is 152 Å². The largest absolute Gasteiger partial charge is 0.326 e. The average Bonchev–Trinajstić information content (AvgIpc) is 3.31. The van der Waals surface area contributed by atoms with Gasteiger partial charge >= 0.3 is 0 Å². The Kier molecular flexibility index (Phi) is 4.56. The lowest BCUT2D eigenvalue weighted by Gasteiger charge is -2.19. The maximum absolute atomic E-state index is 12.5. The van der Waals surface area contributed by atoms with E-state index in [2.05, 4.69) is 66.3 Å². The van der Waals surface area contributed by atoms with Gasteiger partial charge in [-0.25, -0.2) is 0 Å². The first-order valence-electron chi connectivity index (χ1n) is 8.43. The van der Waals surface area contributed by atoms with Gasteiger partial charge in [-0.1, -0.05) is 61.0 Å². The SMILES string of the molecule is Cc1cc(NC(=O)C2CC2c2ccc(C(C)(C)C)cc2)ccc1Br. The van der Waals surface area contributed by atoms with Gasteiger partial charge in [0.2, 0.25) is 5.91 Å². The van der Waals surface area contributed by atoms with E-state index in [-0.39, 0.29) is 17.2 Å². The van der Waals surface area contributed by atoms with Crippen molar-refractivity contribution in [2.45, 2.75) is 45.4 Å². The molecule has 3 heteroatoms. The van der Waals surface area contributed by atoms with Crippen LogP contribution in [0.15, 0.2) is 46.9 Å². The van der Waals surface area contributed by atoms with Crippen molar-refractivity contribution in [1.29, 1.82) is 0 Å². The molecule has 0 radical (unpaired) electrons. The highest BCUT2D eigenvalue weighted by Crippen LogP contribution is 2.48. The van der Waals surface area contributed by atoms with Crippen LogP contribution in [0, 0.1) is 12.8 Å². The summed E-state index contributed by atoms with van der Waals surface area (Å²) in [5.74, 6) is 0.576. The lowest BCUT2D eigenvalue weighted by atomic mass is 9.86. The van der Waals surface area contributed by atoms with E-state index in [1.807, 2.05) is 25.1 Å². The van der Waals surface area contributed by atoms with Crippen molar-refractivity contribution < 1.29 is 4.79 Å². The summed E-state index contributed by atoms with van der Waals surface area (Å²) >= 11 is 3.48. The zero-order valence-electron chi connectivity index (χ0n) is 14.7. The number of amides is 1. The molecular formula is C21H24BrNO. The molecule has 1 amide bonds. The Morgan fingerprint density at radius 2 is 1.79 bits per heavy atom. The summed E-state index contributed by atoms with van der Waals surface area (Å²) in [4.78, 5) is 12.5. The smallest absolute Gasteiger partial charge is 0.228 e. The maximum Gasteiger partial charge on any atom is 0.228 e. The van der Waals surface area contributed by atoms with Crippen LogP contribution in [0.3, 0.4) is 0 Å². The van der Waals surface area contributed by atoms with Crippen molar-refractivity contribution in [1.82, 2.24) is 0 Å². The Hall–Kier alpha value is -1.61. The molecule has 0 aliphatic heterocycles. The highest BCUT2D eigenvalue weighted by atomic mass is 79.9. The molecule has 0 heterocycles. The first-order chi connectivity index (χ1) is 11.3.